The normalized spacial score (nSPS) is 19.5. The molecular formula is C16H26N4O2S. The highest BCUT2D eigenvalue weighted by molar-refractivity contribution is 7.92. The van der Waals surface area contributed by atoms with E-state index in [-0.39, 0.29) is 0 Å². The molecule has 0 saturated carbocycles. The second-order valence-corrected chi connectivity index (χ2v) is 7.87. The number of likely N-dealkylation sites (tertiary alicyclic amines) is 1. The molecule has 0 bridgehead atoms. The number of piperidine rings is 1. The largest absolute Gasteiger partial charge is 0.352 e. The molecule has 1 saturated heterocycles. The van der Waals surface area contributed by atoms with Crippen LogP contribution in [0.15, 0.2) is 29.3 Å². The van der Waals surface area contributed by atoms with Crippen LogP contribution in [0.1, 0.15) is 25.3 Å². The Labute approximate surface area is 139 Å². The van der Waals surface area contributed by atoms with Crippen molar-refractivity contribution >= 4 is 21.7 Å². The lowest BCUT2D eigenvalue weighted by Crippen LogP contribution is -2.45. The molecule has 1 aliphatic heterocycles. The van der Waals surface area contributed by atoms with Crippen LogP contribution < -0.4 is 10.0 Å². The summed E-state index contributed by atoms with van der Waals surface area (Å²) < 4.78 is 25.5. The zero-order valence-corrected chi connectivity index (χ0v) is 14.9. The second kappa shape index (κ2) is 7.68. The summed E-state index contributed by atoms with van der Waals surface area (Å²) in [6.07, 6.45) is 3.59. The van der Waals surface area contributed by atoms with Crippen LogP contribution >= 0.6 is 0 Å². The van der Waals surface area contributed by atoms with Gasteiger partial charge < -0.3 is 10.2 Å². The Kier molecular flexibility index (Phi) is 5.87. The highest BCUT2D eigenvalue weighted by Crippen LogP contribution is 2.18. The molecule has 0 aromatic heterocycles. The fraction of sp³-hybridized carbons (Fsp3) is 0.562. The molecule has 128 valence electrons. The lowest BCUT2D eigenvalue weighted by atomic mass is 10.0. The first-order valence-electron chi connectivity index (χ1n) is 7.90. The zero-order valence-electron chi connectivity index (χ0n) is 14.0. The maximum Gasteiger partial charge on any atom is 0.229 e. The summed E-state index contributed by atoms with van der Waals surface area (Å²) in [4.78, 5) is 6.62. The Morgan fingerprint density at radius 1 is 1.39 bits per heavy atom. The lowest BCUT2D eigenvalue weighted by Gasteiger charge is -2.33. The van der Waals surface area contributed by atoms with Gasteiger partial charge in [-0.3, -0.25) is 9.71 Å². The van der Waals surface area contributed by atoms with Crippen molar-refractivity contribution in [2.45, 2.75) is 26.3 Å². The average Bonchev–Trinajstić information content (AvgIpc) is 2.48. The van der Waals surface area contributed by atoms with Crippen molar-refractivity contribution in [2.24, 2.45) is 10.9 Å². The van der Waals surface area contributed by atoms with Crippen LogP contribution in [0.4, 0.5) is 5.69 Å². The van der Waals surface area contributed by atoms with Crippen LogP contribution in [-0.4, -0.2) is 45.7 Å². The van der Waals surface area contributed by atoms with Crippen LogP contribution in [0.25, 0.3) is 0 Å². The molecule has 1 fully saturated rings. The topological polar surface area (TPSA) is 73.8 Å². The standard InChI is InChI=1S/C16H26N4O2S/c1-13-7-6-10-20(12-13)16(17-2)18-11-14-8-4-5-9-15(14)19-23(3,21)22/h4-5,8-9,13,19H,6-7,10-12H2,1-3H3,(H,17,18). The first kappa shape index (κ1) is 17.6. The first-order chi connectivity index (χ1) is 10.9. The number of para-hydroxylation sites is 1. The van der Waals surface area contributed by atoms with Gasteiger partial charge in [0.1, 0.15) is 0 Å². The van der Waals surface area contributed by atoms with Gasteiger partial charge in [0.15, 0.2) is 5.96 Å². The Balaban J connectivity index is 2.04. The van der Waals surface area contributed by atoms with Gasteiger partial charge in [-0.2, -0.15) is 0 Å². The number of guanidine groups is 1. The lowest BCUT2D eigenvalue weighted by molar-refractivity contribution is 0.266. The SMILES string of the molecule is CN=C(NCc1ccccc1NS(C)(=O)=O)N1CCCC(C)C1. The van der Waals surface area contributed by atoms with Gasteiger partial charge in [-0.05, 0) is 30.4 Å². The Bertz CT molecular complexity index is 658. The zero-order chi connectivity index (χ0) is 16.9. The molecule has 1 unspecified atom stereocenters. The molecule has 2 rings (SSSR count). The van der Waals surface area contributed by atoms with E-state index in [1.54, 1.807) is 13.1 Å². The van der Waals surface area contributed by atoms with E-state index in [1.807, 2.05) is 18.2 Å². The van der Waals surface area contributed by atoms with Crippen LogP contribution in [0.3, 0.4) is 0 Å². The fourth-order valence-corrected chi connectivity index (χ4v) is 3.46. The van der Waals surface area contributed by atoms with E-state index in [0.29, 0.717) is 18.2 Å². The molecule has 1 atom stereocenters. The van der Waals surface area contributed by atoms with E-state index in [9.17, 15) is 8.42 Å². The summed E-state index contributed by atoms with van der Waals surface area (Å²) in [5, 5.41) is 3.34. The third kappa shape index (κ3) is 5.42. The molecule has 23 heavy (non-hydrogen) atoms. The molecule has 1 aromatic carbocycles. The van der Waals surface area contributed by atoms with Crippen molar-refractivity contribution in [3.8, 4) is 0 Å². The summed E-state index contributed by atoms with van der Waals surface area (Å²) in [7, 11) is -1.51. The number of aliphatic imine (C=N–C) groups is 1. The third-order valence-electron chi connectivity index (χ3n) is 3.92. The summed E-state index contributed by atoms with van der Waals surface area (Å²) >= 11 is 0. The van der Waals surface area contributed by atoms with Crippen molar-refractivity contribution in [2.75, 3.05) is 31.1 Å². The van der Waals surface area contributed by atoms with Gasteiger partial charge in [-0.25, -0.2) is 8.42 Å². The van der Waals surface area contributed by atoms with Crippen molar-refractivity contribution in [3.63, 3.8) is 0 Å². The molecule has 1 heterocycles. The maximum absolute atomic E-state index is 11.5. The van der Waals surface area contributed by atoms with Gasteiger partial charge in [0.2, 0.25) is 10.0 Å². The van der Waals surface area contributed by atoms with Gasteiger partial charge >= 0.3 is 0 Å². The van der Waals surface area contributed by atoms with E-state index in [2.05, 4.69) is 26.9 Å². The minimum atomic E-state index is -3.29. The molecule has 0 amide bonds. The van der Waals surface area contributed by atoms with Crippen LogP contribution in [-0.2, 0) is 16.6 Å². The van der Waals surface area contributed by atoms with Crippen molar-refractivity contribution in [3.05, 3.63) is 29.8 Å². The number of rotatable bonds is 4. The number of nitrogens with zero attached hydrogens (tertiary/aromatic N) is 2. The summed E-state index contributed by atoms with van der Waals surface area (Å²) in [6, 6.07) is 7.39. The van der Waals surface area contributed by atoms with Crippen molar-refractivity contribution in [1.82, 2.24) is 10.2 Å². The number of anilines is 1. The summed E-state index contributed by atoms with van der Waals surface area (Å²) in [5.74, 6) is 1.53. The second-order valence-electron chi connectivity index (χ2n) is 6.13. The van der Waals surface area contributed by atoms with E-state index >= 15 is 0 Å². The third-order valence-corrected chi connectivity index (χ3v) is 4.51. The van der Waals surface area contributed by atoms with Gasteiger partial charge in [-0.1, -0.05) is 25.1 Å². The quantitative estimate of drug-likeness (QED) is 0.649. The van der Waals surface area contributed by atoms with Crippen molar-refractivity contribution in [1.29, 1.82) is 0 Å². The Morgan fingerprint density at radius 2 is 2.13 bits per heavy atom. The average molecular weight is 338 g/mol. The molecular weight excluding hydrogens is 312 g/mol. The number of hydrogen-bond acceptors (Lipinski definition) is 3. The van der Waals surface area contributed by atoms with E-state index in [0.717, 1.165) is 30.9 Å². The van der Waals surface area contributed by atoms with Crippen LogP contribution in [0, 0.1) is 5.92 Å². The highest BCUT2D eigenvalue weighted by Gasteiger charge is 2.19. The van der Waals surface area contributed by atoms with Gasteiger partial charge in [0.05, 0.1) is 11.9 Å². The van der Waals surface area contributed by atoms with Gasteiger partial charge in [0, 0.05) is 26.7 Å². The minimum Gasteiger partial charge on any atom is -0.352 e. The van der Waals surface area contributed by atoms with E-state index in [1.165, 1.54) is 12.8 Å². The Hall–Kier alpha value is -1.76. The van der Waals surface area contributed by atoms with Gasteiger partial charge in [-0.15, -0.1) is 0 Å². The van der Waals surface area contributed by atoms with E-state index < -0.39 is 10.0 Å². The number of benzene rings is 1. The summed E-state index contributed by atoms with van der Waals surface area (Å²) in [6.45, 7) is 4.79. The number of nitrogens with one attached hydrogen (secondary N) is 2. The smallest absolute Gasteiger partial charge is 0.229 e. The number of hydrogen-bond donors (Lipinski definition) is 2. The minimum absolute atomic E-state index is 0.524. The number of sulfonamides is 1. The molecule has 0 aliphatic carbocycles. The molecule has 1 aromatic rings. The molecule has 2 N–H and O–H groups in total. The molecule has 1 aliphatic rings. The van der Waals surface area contributed by atoms with Gasteiger partial charge in [0.25, 0.3) is 0 Å². The molecule has 6 nitrogen and oxygen atoms in total. The predicted molar refractivity (Wildman–Crippen MR) is 95.1 cm³/mol. The van der Waals surface area contributed by atoms with Crippen molar-refractivity contribution < 1.29 is 8.42 Å². The maximum atomic E-state index is 11.5. The Morgan fingerprint density at radius 3 is 2.78 bits per heavy atom. The van der Waals surface area contributed by atoms with Crippen LogP contribution in [0.5, 0.6) is 0 Å². The molecule has 0 spiro atoms. The first-order valence-corrected chi connectivity index (χ1v) is 9.79. The highest BCUT2D eigenvalue weighted by atomic mass is 32.2. The van der Waals surface area contributed by atoms with Crippen LogP contribution in [0.2, 0.25) is 0 Å². The summed E-state index contributed by atoms with van der Waals surface area (Å²) in [5.41, 5.74) is 1.49. The molecule has 7 heteroatoms. The monoisotopic (exact) mass is 338 g/mol. The van der Waals surface area contributed by atoms with E-state index in [4.69, 9.17) is 0 Å². The predicted octanol–water partition coefficient (Wildman–Crippen LogP) is 1.87. The molecule has 0 radical (unpaired) electrons. The fourth-order valence-electron chi connectivity index (χ4n) is 2.86.